The fourth-order valence-electron chi connectivity index (χ4n) is 3.55. The van der Waals surface area contributed by atoms with Crippen LogP contribution in [0, 0.1) is 5.92 Å². The summed E-state index contributed by atoms with van der Waals surface area (Å²) in [6.07, 6.45) is 3.83. The van der Waals surface area contributed by atoms with Gasteiger partial charge in [-0.25, -0.2) is 13.1 Å². The molecule has 1 N–H and O–H groups in total. The van der Waals surface area contributed by atoms with Gasteiger partial charge in [0.2, 0.25) is 16.8 Å². The Morgan fingerprint density at radius 1 is 1.19 bits per heavy atom. The average molecular weight is 392 g/mol. The van der Waals surface area contributed by atoms with Crippen LogP contribution in [-0.4, -0.2) is 39.7 Å². The van der Waals surface area contributed by atoms with E-state index in [0.29, 0.717) is 17.4 Å². The first-order chi connectivity index (χ1) is 13.0. The molecule has 0 saturated carbocycles. The number of nitrogens with one attached hydrogen (secondary N) is 1. The molecule has 0 bridgehead atoms. The van der Waals surface area contributed by atoms with E-state index in [1.807, 2.05) is 12.1 Å². The normalized spacial score (nSPS) is 19.3. The first-order valence-electron chi connectivity index (χ1n) is 9.20. The summed E-state index contributed by atoms with van der Waals surface area (Å²) in [4.78, 5) is 2.46. The second-order valence-electron chi connectivity index (χ2n) is 7.12. The molecule has 1 saturated heterocycles. The first-order valence-corrected chi connectivity index (χ1v) is 10.7. The smallest absolute Gasteiger partial charge is 0.240 e. The molecule has 2 aromatic rings. The number of ether oxygens (including phenoxy) is 2. The van der Waals surface area contributed by atoms with Crippen LogP contribution in [-0.2, 0) is 10.0 Å². The van der Waals surface area contributed by atoms with Gasteiger partial charge in [0.25, 0.3) is 0 Å². The van der Waals surface area contributed by atoms with Crippen LogP contribution in [0.1, 0.15) is 31.6 Å². The zero-order valence-corrected chi connectivity index (χ0v) is 16.1. The highest BCUT2D eigenvalue weighted by Crippen LogP contribution is 2.34. The number of fused-ring (bicyclic) bond motifs is 1. The molecular formula is C19H24N2O5S. The fourth-order valence-corrected chi connectivity index (χ4v) is 4.60. The Labute approximate surface area is 159 Å². The Morgan fingerprint density at radius 3 is 2.70 bits per heavy atom. The van der Waals surface area contributed by atoms with Crippen LogP contribution >= 0.6 is 0 Å². The van der Waals surface area contributed by atoms with Crippen molar-refractivity contribution < 1.29 is 22.3 Å². The molecule has 0 amide bonds. The average Bonchev–Trinajstić information content (AvgIpc) is 3.34. The van der Waals surface area contributed by atoms with Crippen LogP contribution in [0.3, 0.4) is 0 Å². The van der Waals surface area contributed by atoms with Crippen molar-refractivity contribution >= 4 is 10.0 Å². The Morgan fingerprint density at radius 2 is 1.96 bits per heavy atom. The van der Waals surface area contributed by atoms with E-state index in [1.54, 1.807) is 12.3 Å². The lowest BCUT2D eigenvalue weighted by molar-refractivity contribution is 0.125. The van der Waals surface area contributed by atoms with Gasteiger partial charge in [0.15, 0.2) is 11.5 Å². The highest BCUT2D eigenvalue weighted by atomic mass is 32.2. The van der Waals surface area contributed by atoms with Crippen molar-refractivity contribution in [2.75, 3.05) is 26.4 Å². The third-order valence-corrected chi connectivity index (χ3v) is 6.67. The molecule has 1 fully saturated rings. The second-order valence-corrected chi connectivity index (χ2v) is 8.88. The topological polar surface area (TPSA) is 81.0 Å². The number of hydrogen-bond donors (Lipinski definition) is 1. The molecule has 0 spiro atoms. The quantitative estimate of drug-likeness (QED) is 0.814. The van der Waals surface area contributed by atoms with Crippen LogP contribution < -0.4 is 14.2 Å². The zero-order chi connectivity index (χ0) is 18.9. The fraction of sp³-hybridized carbons (Fsp3) is 0.474. The summed E-state index contributed by atoms with van der Waals surface area (Å²) in [6.45, 7) is 4.47. The highest BCUT2D eigenvalue weighted by Gasteiger charge is 2.28. The zero-order valence-electron chi connectivity index (χ0n) is 15.3. The van der Waals surface area contributed by atoms with Gasteiger partial charge < -0.3 is 13.9 Å². The van der Waals surface area contributed by atoms with E-state index in [2.05, 4.69) is 16.5 Å². The maximum atomic E-state index is 12.8. The predicted molar refractivity (Wildman–Crippen MR) is 99.2 cm³/mol. The van der Waals surface area contributed by atoms with E-state index < -0.39 is 10.0 Å². The number of nitrogens with zero attached hydrogens (tertiary/aromatic N) is 1. The summed E-state index contributed by atoms with van der Waals surface area (Å²) in [5.41, 5.74) is 0. The number of sulfonamides is 1. The summed E-state index contributed by atoms with van der Waals surface area (Å²) in [7, 11) is -3.67. The van der Waals surface area contributed by atoms with E-state index in [4.69, 9.17) is 13.9 Å². The van der Waals surface area contributed by atoms with Gasteiger partial charge in [0.1, 0.15) is 5.76 Å². The minimum atomic E-state index is -3.67. The van der Waals surface area contributed by atoms with Gasteiger partial charge in [0, 0.05) is 12.6 Å². The van der Waals surface area contributed by atoms with Gasteiger partial charge in [-0.2, -0.15) is 0 Å². The molecule has 0 radical (unpaired) electrons. The molecule has 2 aliphatic heterocycles. The van der Waals surface area contributed by atoms with Crippen LogP contribution in [0.4, 0.5) is 0 Å². The van der Waals surface area contributed by atoms with Crippen molar-refractivity contribution in [1.29, 1.82) is 0 Å². The van der Waals surface area contributed by atoms with Crippen LogP contribution in [0.2, 0.25) is 0 Å². The molecule has 0 unspecified atom stereocenters. The van der Waals surface area contributed by atoms with E-state index >= 15 is 0 Å². The molecule has 1 aromatic carbocycles. The molecule has 27 heavy (non-hydrogen) atoms. The van der Waals surface area contributed by atoms with Gasteiger partial charge in [-0.05, 0) is 56.1 Å². The molecule has 2 aliphatic rings. The van der Waals surface area contributed by atoms with Crippen LogP contribution in [0.25, 0.3) is 0 Å². The molecule has 4 rings (SSSR count). The summed E-state index contributed by atoms with van der Waals surface area (Å²) in [5.74, 6) is 2.48. The van der Waals surface area contributed by atoms with E-state index in [1.165, 1.54) is 12.1 Å². The Balaban J connectivity index is 1.50. The monoisotopic (exact) mass is 392 g/mol. The van der Waals surface area contributed by atoms with Crippen molar-refractivity contribution in [3.05, 3.63) is 42.4 Å². The van der Waals surface area contributed by atoms with Gasteiger partial charge in [-0.15, -0.1) is 0 Å². The minimum Gasteiger partial charge on any atom is -0.468 e. The Bertz CT molecular complexity index is 874. The van der Waals surface area contributed by atoms with Crippen molar-refractivity contribution in [3.63, 3.8) is 0 Å². The molecule has 3 heterocycles. The number of piperidine rings is 1. The molecule has 146 valence electrons. The van der Waals surface area contributed by atoms with E-state index in [-0.39, 0.29) is 24.3 Å². The standard InChI is InChI=1S/C19H24N2O5S/c1-14-6-8-21(9-7-14)16(17-3-2-10-24-17)12-20-27(22,23)15-4-5-18-19(11-15)26-13-25-18/h2-5,10-11,14,16,20H,6-9,12-13H2,1H3/t16-/m0/s1. The van der Waals surface area contributed by atoms with E-state index in [9.17, 15) is 8.42 Å². The van der Waals surface area contributed by atoms with Crippen molar-refractivity contribution in [1.82, 2.24) is 9.62 Å². The Kier molecular flexibility index (Phi) is 5.12. The first kappa shape index (κ1) is 18.3. The molecule has 7 nitrogen and oxygen atoms in total. The third kappa shape index (κ3) is 3.97. The van der Waals surface area contributed by atoms with Crippen molar-refractivity contribution in [3.8, 4) is 11.5 Å². The predicted octanol–water partition coefficient (Wildman–Crippen LogP) is 2.76. The third-order valence-electron chi connectivity index (χ3n) is 5.25. The highest BCUT2D eigenvalue weighted by molar-refractivity contribution is 7.89. The molecule has 0 aliphatic carbocycles. The maximum absolute atomic E-state index is 12.8. The number of furan rings is 1. The van der Waals surface area contributed by atoms with Gasteiger partial charge in [0.05, 0.1) is 17.2 Å². The number of hydrogen-bond acceptors (Lipinski definition) is 6. The minimum absolute atomic E-state index is 0.111. The van der Waals surface area contributed by atoms with Crippen LogP contribution in [0.15, 0.2) is 45.9 Å². The summed E-state index contributed by atoms with van der Waals surface area (Å²) >= 11 is 0. The Hall–Kier alpha value is -2.03. The summed E-state index contributed by atoms with van der Waals surface area (Å²) in [6, 6.07) is 8.25. The molecule has 1 atom stereocenters. The molecular weight excluding hydrogens is 368 g/mol. The van der Waals surface area contributed by atoms with Crippen LogP contribution in [0.5, 0.6) is 11.5 Å². The SMILES string of the molecule is CC1CCN([C@@H](CNS(=O)(=O)c2ccc3c(c2)OCO3)c2ccco2)CC1. The molecule has 1 aromatic heterocycles. The van der Waals surface area contributed by atoms with Crippen molar-refractivity contribution in [2.24, 2.45) is 5.92 Å². The maximum Gasteiger partial charge on any atom is 0.240 e. The number of benzene rings is 1. The lowest BCUT2D eigenvalue weighted by Gasteiger charge is -2.35. The van der Waals surface area contributed by atoms with Gasteiger partial charge in [-0.1, -0.05) is 6.92 Å². The number of likely N-dealkylation sites (tertiary alicyclic amines) is 1. The summed E-state index contributed by atoms with van der Waals surface area (Å²) < 4.78 is 44.4. The second kappa shape index (κ2) is 7.53. The van der Waals surface area contributed by atoms with Gasteiger partial charge >= 0.3 is 0 Å². The van der Waals surface area contributed by atoms with E-state index in [0.717, 1.165) is 31.7 Å². The van der Waals surface area contributed by atoms with Crippen molar-refractivity contribution in [2.45, 2.75) is 30.7 Å². The van der Waals surface area contributed by atoms with Gasteiger partial charge in [-0.3, -0.25) is 4.90 Å². The number of rotatable bonds is 6. The lowest BCUT2D eigenvalue weighted by Crippen LogP contribution is -2.41. The largest absolute Gasteiger partial charge is 0.468 e. The summed E-state index contributed by atoms with van der Waals surface area (Å²) in [5, 5.41) is 0. The molecule has 8 heteroatoms. The lowest BCUT2D eigenvalue weighted by atomic mass is 9.97.